The Balaban J connectivity index is 1.46. The van der Waals surface area contributed by atoms with Gasteiger partial charge in [0.2, 0.25) is 0 Å². The molecule has 3 amide bonds. The van der Waals surface area contributed by atoms with Crippen molar-refractivity contribution < 1.29 is 23.9 Å². The number of carbonyl (C=O) groups is 4. The Bertz CT molecular complexity index is 1370. The van der Waals surface area contributed by atoms with E-state index in [0.29, 0.717) is 5.69 Å². The van der Waals surface area contributed by atoms with Crippen LogP contribution in [-0.2, 0) is 9.53 Å². The predicted octanol–water partition coefficient (Wildman–Crippen LogP) is 5.21. The van der Waals surface area contributed by atoms with Crippen molar-refractivity contribution in [3.05, 3.63) is 92.5 Å². The number of fused-ring (bicyclic) bond motifs is 1. The molecule has 1 heterocycles. The maximum atomic E-state index is 12.9. The third kappa shape index (κ3) is 4.40. The van der Waals surface area contributed by atoms with Crippen molar-refractivity contribution >= 4 is 58.3 Å². The molecule has 0 atom stereocenters. The zero-order chi connectivity index (χ0) is 24.6. The van der Waals surface area contributed by atoms with Crippen LogP contribution < -0.4 is 10.2 Å². The molecule has 0 saturated carbocycles. The van der Waals surface area contributed by atoms with E-state index in [4.69, 9.17) is 27.9 Å². The van der Waals surface area contributed by atoms with Gasteiger partial charge in [-0.25, -0.2) is 9.69 Å². The molecule has 0 spiro atoms. The largest absolute Gasteiger partial charge is 0.452 e. The van der Waals surface area contributed by atoms with Crippen LogP contribution >= 0.6 is 23.2 Å². The van der Waals surface area contributed by atoms with Crippen LogP contribution in [0.4, 0.5) is 11.4 Å². The van der Waals surface area contributed by atoms with Crippen LogP contribution in [0.1, 0.15) is 42.2 Å². The number of hydrogen-bond acceptors (Lipinski definition) is 5. The second-order valence-electron chi connectivity index (χ2n) is 7.68. The van der Waals surface area contributed by atoms with Gasteiger partial charge in [0.25, 0.3) is 17.7 Å². The monoisotopic (exact) mass is 496 g/mol. The summed E-state index contributed by atoms with van der Waals surface area (Å²) in [6.07, 6.45) is 0. The number of halogens is 2. The Kier molecular flexibility index (Phi) is 6.41. The normalized spacial score (nSPS) is 12.5. The van der Waals surface area contributed by atoms with Crippen LogP contribution in [0.15, 0.2) is 54.6 Å². The van der Waals surface area contributed by atoms with Crippen LogP contribution in [0.3, 0.4) is 0 Å². The Morgan fingerprint density at radius 1 is 0.912 bits per heavy atom. The molecule has 0 radical (unpaired) electrons. The number of hydrogen-bond donors (Lipinski definition) is 1. The molecule has 4 rings (SSSR count). The molecule has 0 fully saturated rings. The number of ether oxygens (including phenoxy) is 1. The molecule has 0 unspecified atom stereocenters. The average Bonchev–Trinajstić information content (AvgIpc) is 3.06. The molecule has 172 valence electrons. The number of aryl methyl sites for hydroxylation is 1. The Labute approximate surface area is 205 Å². The summed E-state index contributed by atoms with van der Waals surface area (Å²) in [7, 11) is 0. The van der Waals surface area contributed by atoms with Crippen molar-refractivity contribution in [1.29, 1.82) is 0 Å². The molecule has 34 heavy (non-hydrogen) atoms. The van der Waals surface area contributed by atoms with Crippen molar-refractivity contribution in [2.45, 2.75) is 13.8 Å². The van der Waals surface area contributed by atoms with E-state index < -0.39 is 30.3 Å². The molecule has 0 saturated heterocycles. The number of rotatable bonds is 5. The van der Waals surface area contributed by atoms with Crippen molar-refractivity contribution in [2.24, 2.45) is 0 Å². The lowest BCUT2D eigenvalue weighted by Gasteiger charge is -2.14. The minimum absolute atomic E-state index is 0.0374. The smallest absolute Gasteiger partial charge is 0.338 e. The predicted molar refractivity (Wildman–Crippen MR) is 129 cm³/mol. The first-order valence-electron chi connectivity index (χ1n) is 10.2. The zero-order valence-corrected chi connectivity index (χ0v) is 19.7. The number of benzene rings is 3. The van der Waals surface area contributed by atoms with E-state index in [0.717, 1.165) is 16.0 Å². The van der Waals surface area contributed by atoms with Crippen molar-refractivity contribution in [2.75, 3.05) is 16.8 Å². The van der Waals surface area contributed by atoms with Crippen LogP contribution in [0, 0.1) is 13.8 Å². The van der Waals surface area contributed by atoms with Crippen molar-refractivity contribution in [1.82, 2.24) is 0 Å². The molecule has 0 bridgehead atoms. The molecular formula is C25H18Cl2N2O5. The summed E-state index contributed by atoms with van der Waals surface area (Å²) in [5.41, 5.74) is 3.04. The van der Waals surface area contributed by atoms with Gasteiger partial charge in [0.15, 0.2) is 6.61 Å². The second kappa shape index (κ2) is 9.29. The Hall–Kier alpha value is -3.68. The Morgan fingerprint density at radius 3 is 2.38 bits per heavy atom. The van der Waals surface area contributed by atoms with Gasteiger partial charge < -0.3 is 10.1 Å². The summed E-state index contributed by atoms with van der Waals surface area (Å²) in [4.78, 5) is 51.4. The summed E-state index contributed by atoms with van der Waals surface area (Å²) in [6, 6.07) is 13.9. The zero-order valence-electron chi connectivity index (χ0n) is 18.1. The standard InChI is InChI=1S/C25H18Cl2N2O5/c1-13-4-3-5-21(14(13)2)28-22(30)12-34-25(33)15-6-8-17-18(10-15)24(32)29(23(17)31)16-7-9-19(26)20(27)11-16/h3-11H,12H2,1-2H3,(H,28,30). The first kappa shape index (κ1) is 23.5. The first-order chi connectivity index (χ1) is 16.2. The van der Waals surface area contributed by atoms with Crippen LogP contribution in [0.5, 0.6) is 0 Å². The van der Waals surface area contributed by atoms with Crippen LogP contribution in [-0.4, -0.2) is 30.3 Å². The second-order valence-corrected chi connectivity index (χ2v) is 8.49. The molecule has 1 aliphatic rings. The Morgan fingerprint density at radius 2 is 1.65 bits per heavy atom. The van der Waals surface area contributed by atoms with E-state index in [1.54, 1.807) is 6.07 Å². The van der Waals surface area contributed by atoms with E-state index >= 15 is 0 Å². The minimum atomic E-state index is -0.799. The number of amides is 3. The number of anilines is 2. The van der Waals surface area contributed by atoms with Gasteiger partial charge in [-0.05, 0) is 67.4 Å². The maximum absolute atomic E-state index is 12.9. The summed E-state index contributed by atoms with van der Waals surface area (Å²) in [5, 5.41) is 3.18. The third-order valence-electron chi connectivity index (χ3n) is 5.50. The molecule has 1 aliphatic heterocycles. The fourth-order valence-electron chi connectivity index (χ4n) is 3.51. The van der Waals surface area contributed by atoms with Gasteiger partial charge in [-0.2, -0.15) is 0 Å². The highest BCUT2D eigenvalue weighted by Crippen LogP contribution is 2.33. The third-order valence-corrected chi connectivity index (χ3v) is 6.24. The lowest BCUT2D eigenvalue weighted by molar-refractivity contribution is -0.119. The lowest BCUT2D eigenvalue weighted by atomic mass is 10.1. The van der Waals surface area contributed by atoms with Crippen LogP contribution in [0.25, 0.3) is 0 Å². The van der Waals surface area contributed by atoms with E-state index in [-0.39, 0.29) is 32.4 Å². The van der Waals surface area contributed by atoms with E-state index in [1.807, 2.05) is 26.0 Å². The highest BCUT2D eigenvalue weighted by atomic mass is 35.5. The van der Waals surface area contributed by atoms with Gasteiger partial charge in [-0.1, -0.05) is 35.3 Å². The highest BCUT2D eigenvalue weighted by molar-refractivity contribution is 6.42. The average molecular weight is 497 g/mol. The molecule has 7 nitrogen and oxygen atoms in total. The molecule has 3 aromatic carbocycles. The van der Waals surface area contributed by atoms with E-state index in [2.05, 4.69) is 5.32 Å². The lowest BCUT2D eigenvalue weighted by Crippen LogP contribution is -2.29. The number of esters is 1. The summed E-state index contributed by atoms with van der Waals surface area (Å²) >= 11 is 11.9. The number of nitrogens with one attached hydrogen (secondary N) is 1. The SMILES string of the molecule is Cc1cccc(NC(=O)COC(=O)c2ccc3c(c2)C(=O)N(c2ccc(Cl)c(Cl)c2)C3=O)c1C. The summed E-state index contributed by atoms with van der Waals surface area (Å²) in [6.45, 7) is 3.29. The van der Waals surface area contributed by atoms with Gasteiger partial charge in [-0.15, -0.1) is 0 Å². The number of carbonyl (C=O) groups excluding carboxylic acids is 4. The quantitative estimate of drug-likeness (QED) is 0.386. The fourth-order valence-corrected chi connectivity index (χ4v) is 3.81. The fraction of sp³-hybridized carbons (Fsp3) is 0.120. The topological polar surface area (TPSA) is 92.8 Å². The van der Waals surface area contributed by atoms with Crippen molar-refractivity contribution in [3.63, 3.8) is 0 Å². The van der Waals surface area contributed by atoms with Gasteiger partial charge in [-0.3, -0.25) is 14.4 Å². The first-order valence-corrected chi connectivity index (χ1v) is 10.9. The molecular weight excluding hydrogens is 479 g/mol. The van der Waals surface area contributed by atoms with Gasteiger partial charge >= 0.3 is 5.97 Å². The van der Waals surface area contributed by atoms with E-state index in [1.165, 1.54) is 36.4 Å². The maximum Gasteiger partial charge on any atom is 0.338 e. The number of imide groups is 1. The van der Waals surface area contributed by atoms with Crippen molar-refractivity contribution in [3.8, 4) is 0 Å². The minimum Gasteiger partial charge on any atom is -0.452 e. The summed E-state index contributed by atoms with van der Waals surface area (Å²) in [5.74, 6) is -2.46. The molecule has 0 aliphatic carbocycles. The molecule has 1 N–H and O–H groups in total. The van der Waals surface area contributed by atoms with Gasteiger partial charge in [0, 0.05) is 5.69 Å². The molecule has 9 heteroatoms. The van der Waals surface area contributed by atoms with Gasteiger partial charge in [0.05, 0.1) is 32.4 Å². The highest BCUT2D eigenvalue weighted by Gasteiger charge is 2.37. The van der Waals surface area contributed by atoms with Gasteiger partial charge in [0.1, 0.15) is 0 Å². The number of nitrogens with zero attached hydrogens (tertiary/aromatic N) is 1. The molecule has 0 aromatic heterocycles. The van der Waals surface area contributed by atoms with Crippen LogP contribution in [0.2, 0.25) is 10.0 Å². The molecule has 3 aromatic rings. The van der Waals surface area contributed by atoms with E-state index in [9.17, 15) is 19.2 Å². The summed E-state index contributed by atoms with van der Waals surface area (Å²) < 4.78 is 5.10.